The van der Waals surface area contributed by atoms with E-state index in [2.05, 4.69) is 5.32 Å². The average Bonchev–Trinajstić information content (AvgIpc) is 2.32. The molecule has 6 heteroatoms. The van der Waals surface area contributed by atoms with E-state index in [4.69, 9.17) is 10.5 Å². The summed E-state index contributed by atoms with van der Waals surface area (Å²) in [6.45, 7) is 2.71. The van der Waals surface area contributed by atoms with Crippen LogP contribution in [0.1, 0.15) is 0 Å². The number of anilines is 2. The smallest absolute Gasteiger partial charge is 0.151 e. The van der Waals surface area contributed by atoms with Gasteiger partial charge in [-0.15, -0.1) is 0 Å². The fraction of sp³-hybridized carbons (Fsp3) is 0.500. The van der Waals surface area contributed by atoms with Gasteiger partial charge in [-0.2, -0.15) is 0 Å². The van der Waals surface area contributed by atoms with Crippen LogP contribution in [0.4, 0.5) is 20.2 Å². The van der Waals surface area contributed by atoms with Gasteiger partial charge in [0.1, 0.15) is 5.82 Å². The Kier molecular flexibility index (Phi) is 5.80. The number of rotatable bonds is 7. The third-order valence-electron chi connectivity index (χ3n) is 2.58. The maximum atomic E-state index is 13.2. The molecule has 0 radical (unpaired) electrons. The molecule has 0 aromatic heterocycles. The number of halogens is 2. The van der Waals surface area contributed by atoms with Crippen molar-refractivity contribution in [1.29, 1.82) is 0 Å². The highest BCUT2D eigenvalue weighted by Crippen LogP contribution is 2.22. The van der Waals surface area contributed by atoms with Gasteiger partial charge in [-0.1, -0.05) is 0 Å². The molecule has 0 heterocycles. The van der Waals surface area contributed by atoms with Crippen molar-refractivity contribution in [3.8, 4) is 0 Å². The summed E-state index contributed by atoms with van der Waals surface area (Å²) in [6, 6.07) is 1.96. The summed E-state index contributed by atoms with van der Waals surface area (Å²) in [4.78, 5) is 2.04. The molecule has 0 saturated carbocycles. The Morgan fingerprint density at radius 2 is 2.06 bits per heavy atom. The van der Waals surface area contributed by atoms with E-state index in [-0.39, 0.29) is 11.4 Å². The second kappa shape index (κ2) is 7.13. The maximum absolute atomic E-state index is 13.2. The molecule has 0 aliphatic carbocycles. The van der Waals surface area contributed by atoms with Gasteiger partial charge in [-0.05, 0) is 13.1 Å². The zero-order chi connectivity index (χ0) is 13.5. The van der Waals surface area contributed by atoms with E-state index < -0.39 is 11.6 Å². The van der Waals surface area contributed by atoms with Crippen molar-refractivity contribution in [3.05, 3.63) is 23.8 Å². The van der Waals surface area contributed by atoms with Crippen molar-refractivity contribution in [1.82, 2.24) is 4.90 Å². The van der Waals surface area contributed by atoms with Crippen LogP contribution < -0.4 is 11.1 Å². The number of ether oxygens (including phenoxy) is 1. The Labute approximate surface area is 106 Å². The van der Waals surface area contributed by atoms with E-state index in [1.807, 2.05) is 11.9 Å². The van der Waals surface area contributed by atoms with Gasteiger partial charge in [0.05, 0.1) is 18.0 Å². The molecule has 1 aromatic carbocycles. The van der Waals surface area contributed by atoms with Crippen molar-refractivity contribution in [2.75, 3.05) is 51.4 Å². The highest BCUT2D eigenvalue weighted by molar-refractivity contribution is 5.66. The van der Waals surface area contributed by atoms with E-state index in [1.165, 1.54) is 6.07 Å². The van der Waals surface area contributed by atoms with Crippen LogP contribution in [0.25, 0.3) is 0 Å². The van der Waals surface area contributed by atoms with Crippen molar-refractivity contribution in [3.63, 3.8) is 0 Å². The molecule has 0 aliphatic heterocycles. The summed E-state index contributed by atoms with van der Waals surface area (Å²) >= 11 is 0. The molecule has 0 spiro atoms. The Balaban J connectivity index is 2.44. The van der Waals surface area contributed by atoms with Crippen LogP contribution >= 0.6 is 0 Å². The van der Waals surface area contributed by atoms with Crippen LogP contribution in [0, 0.1) is 11.6 Å². The monoisotopic (exact) mass is 259 g/mol. The standard InChI is InChI=1S/C12H19F2N3O/c1-17(5-6-18-2)4-3-16-11-8-9(13)7-10(14)12(11)15/h7-8,16H,3-6,15H2,1-2H3. The highest BCUT2D eigenvalue weighted by Gasteiger charge is 2.07. The van der Waals surface area contributed by atoms with Crippen LogP contribution in [-0.4, -0.2) is 45.3 Å². The number of benzene rings is 1. The summed E-state index contributed by atoms with van der Waals surface area (Å²) in [5.41, 5.74) is 5.74. The zero-order valence-corrected chi connectivity index (χ0v) is 10.7. The van der Waals surface area contributed by atoms with Crippen molar-refractivity contribution in [2.45, 2.75) is 0 Å². The number of nitrogens with two attached hydrogens (primary N) is 1. The van der Waals surface area contributed by atoms with E-state index >= 15 is 0 Å². The van der Waals surface area contributed by atoms with Gasteiger partial charge >= 0.3 is 0 Å². The second-order valence-corrected chi connectivity index (χ2v) is 4.07. The first-order valence-electron chi connectivity index (χ1n) is 5.70. The molecule has 18 heavy (non-hydrogen) atoms. The summed E-state index contributed by atoms with van der Waals surface area (Å²) < 4.78 is 31.1. The third-order valence-corrected chi connectivity index (χ3v) is 2.58. The molecule has 0 aliphatic rings. The predicted molar refractivity (Wildman–Crippen MR) is 68.6 cm³/mol. The van der Waals surface area contributed by atoms with Crippen LogP contribution in [0.5, 0.6) is 0 Å². The predicted octanol–water partition coefficient (Wildman–Crippen LogP) is 1.54. The summed E-state index contributed by atoms with van der Waals surface area (Å²) in [6.07, 6.45) is 0. The van der Waals surface area contributed by atoms with Crippen molar-refractivity contribution < 1.29 is 13.5 Å². The molecular formula is C12H19F2N3O. The minimum absolute atomic E-state index is 0.0593. The number of nitrogens with one attached hydrogen (secondary N) is 1. The van der Waals surface area contributed by atoms with E-state index in [1.54, 1.807) is 7.11 Å². The summed E-state index contributed by atoms with van der Waals surface area (Å²) in [5.74, 6) is -1.39. The molecule has 0 bridgehead atoms. The quantitative estimate of drug-likeness (QED) is 0.729. The normalized spacial score (nSPS) is 10.9. The van der Waals surface area contributed by atoms with Gasteiger partial charge in [-0.3, -0.25) is 0 Å². The molecule has 0 atom stereocenters. The lowest BCUT2D eigenvalue weighted by Gasteiger charge is -2.17. The molecule has 0 amide bonds. The molecule has 3 N–H and O–H groups in total. The average molecular weight is 259 g/mol. The molecule has 0 fully saturated rings. The molecule has 0 unspecified atom stereocenters. The van der Waals surface area contributed by atoms with Gasteiger partial charge in [0.2, 0.25) is 0 Å². The summed E-state index contributed by atoms with van der Waals surface area (Å²) in [7, 11) is 3.58. The molecule has 1 rings (SSSR count). The van der Waals surface area contributed by atoms with Gasteiger partial charge in [0.15, 0.2) is 5.82 Å². The van der Waals surface area contributed by atoms with E-state index in [9.17, 15) is 8.78 Å². The van der Waals surface area contributed by atoms with Crippen LogP contribution in [0.3, 0.4) is 0 Å². The maximum Gasteiger partial charge on any atom is 0.151 e. The fourth-order valence-corrected chi connectivity index (χ4v) is 1.47. The molecule has 1 aromatic rings. The Morgan fingerprint density at radius 3 is 2.72 bits per heavy atom. The number of nitrogens with zero attached hydrogens (tertiary/aromatic N) is 1. The molecule has 0 saturated heterocycles. The van der Waals surface area contributed by atoms with Crippen molar-refractivity contribution in [2.24, 2.45) is 0 Å². The van der Waals surface area contributed by atoms with Gasteiger partial charge in [0.25, 0.3) is 0 Å². The zero-order valence-electron chi connectivity index (χ0n) is 10.7. The first-order chi connectivity index (χ1) is 8.54. The number of hydrogen-bond acceptors (Lipinski definition) is 4. The van der Waals surface area contributed by atoms with Crippen LogP contribution in [0.15, 0.2) is 12.1 Å². The van der Waals surface area contributed by atoms with Gasteiger partial charge in [0, 0.05) is 32.8 Å². The number of nitrogen functional groups attached to an aromatic ring is 1. The lowest BCUT2D eigenvalue weighted by Crippen LogP contribution is -2.28. The summed E-state index contributed by atoms with van der Waals surface area (Å²) in [5, 5.41) is 2.91. The molecular weight excluding hydrogens is 240 g/mol. The molecule has 4 nitrogen and oxygen atoms in total. The number of methoxy groups -OCH3 is 1. The number of likely N-dealkylation sites (N-methyl/N-ethyl adjacent to an activating group) is 1. The van der Waals surface area contributed by atoms with Crippen LogP contribution in [-0.2, 0) is 4.74 Å². The van der Waals surface area contributed by atoms with Gasteiger partial charge < -0.3 is 20.7 Å². The van der Waals surface area contributed by atoms with Crippen molar-refractivity contribution >= 4 is 11.4 Å². The lowest BCUT2D eigenvalue weighted by molar-refractivity contribution is 0.163. The minimum Gasteiger partial charge on any atom is -0.395 e. The topological polar surface area (TPSA) is 50.5 Å². The highest BCUT2D eigenvalue weighted by atomic mass is 19.1. The third kappa shape index (κ3) is 4.46. The molecule has 102 valence electrons. The number of hydrogen-bond donors (Lipinski definition) is 2. The first-order valence-corrected chi connectivity index (χ1v) is 5.70. The Hall–Kier alpha value is -1.40. The second-order valence-electron chi connectivity index (χ2n) is 4.07. The fourth-order valence-electron chi connectivity index (χ4n) is 1.47. The lowest BCUT2D eigenvalue weighted by atomic mass is 10.2. The largest absolute Gasteiger partial charge is 0.395 e. The minimum atomic E-state index is -0.745. The Bertz CT molecular complexity index is 388. The van der Waals surface area contributed by atoms with E-state index in [0.29, 0.717) is 13.2 Å². The van der Waals surface area contributed by atoms with Gasteiger partial charge in [-0.25, -0.2) is 8.78 Å². The first kappa shape index (κ1) is 14.7. The Morgan fingerprint density at radius 1 is 1.33 bits per heavy atom. The van der Waals surface area contributed by atoms with E-state index in [0.717, 1.165) is 19.2 Å². The van der Waals surface area contributed by atoms with Crippen LogP contribution in [0.2, 0.25) is 0 Å². The SMILES string of the molecule is COCCN(C)CCNc1cc(F)cc(F)c1N.